The Labute approximate surface area is 120 Å². The highest BCUT2D eigenvalue weighted by atomic mass is 79.9. The van der Waals surface area contributed by atoms with Crippen LogP contribution in [0.4, 0.5) is 10.1 Å². The lowest BCUT2D eigenvalue weighted by molar-refractivity contribution is -0.116. The van der Waals surface area contributed by atoms with E-state index in [0.717, 1.165) is 19.4 Å². The summed E-state index contributed by atoms with van der Waals surface area (Å²) in [5.74, 6) is -0.572. The standard InChI is InChI=1S/C12H14BrFN2O.ClH/c13-8-3-4-11(10(14)6-8)16-12(17)7-9-2-1-5-15-9;/h3-4,6,9,15H,1-2,5,7H2,(H,16,17);1H. The summed E-state index contributed by atoms with van der Waals surface area (Å²) < 4.78 is 14.1. The van der Waals surface area contributed by atoms with Crippen LogP contribution in [0.25, 0.3) is 0 Å². The molecule has 2 rings (SSSR count). The lowest BCUT2D eigenvalue weighted by Gasteiger charge is -2.11. The van der Waals surface area contributed by atoms with Gasteiger partial charge in [0.15, 0.2) is 0 Å². The lowest BCUT2D eigenvalue weighted by atomic mass is 10.1. The van der Waals surface area contributed by atoms with E-state index in [4.69, 9.17) is 0 Å². The normalized spacial score (nSPS) is 18.2. The van der Waals surface area contributed by atoms with Gasteiger partial charge in [0.25, 0.3) is 0 Å². The van der Waals surface area contributed by atoms with Gasteiger partial charge in [0, 0.05) is 16.9 Å². The second-order valence-electron chi connectivity index (χ2n) is 4.17. The van der Waals surface area contributed by atoms with E-state index in [1.165, 1.54) is 6.07 Å². The molecule has 0 bridgehead atoms. The van der Waals surface area contributed by atoms with Gasteiger partial charge in [-0.3, -0.25) is 4.79 Å². The largest absolute Gasteiger partial charge is 0.324 e. The van der Waals surface area contributed by atoms with Crippen LogP contribution < -0.4 is 10.6 Å². The molecule has 0 saturated carbocycles. The van der Waals surface area contributed by atoms with Crippen LogP contribution in [0.2, 0.25) is 0 Å². The van der Waals surface area contributed by atoms with Crippen molar-refractivity contribution in [3.05, 3.63) is 28.5 Å². The zero-order valence-corrected chi connectivity index (χ0v) is 12.1. The number of carbonyl (C=O) groups excluding carboxylic acids is 1. The van der Waals surface area contributed by atoms with Crippen LogP contribution in [0, 0.1) is 5.82 Å². The smallest absolute Gasteiger partial charge is 0.226 e. The number of halogens is 3. The number of hydrogen-bond acceptors (Lipinski definition) is 2. The van der Waals surface area contributed by atoms with Gasteiger partial charge >= 0.3 is 0 Å². The van der Waals surface area contributed by atoms with Crippen molar-refractivity contribution >= 4 is 39.9 Å². The first-order chi connectivity index (χ1) is 8.15. The zero-order chi connectivity index (χ0) is 12.3. The Morgan fingerprint density at radius 3 is 2.94 bits per heavy atom. The van der Waals surface area contributed by atoms with Crippen molar-refractivity contribution in [1.82, 2.24) is 5.32 Å². The third kappa shape index (κ3) is 4.23. The molecule has 1 aromatic rings. The van der Waals surface area contributed by atoms with Gasteiger partial charge in [0.2, 0.25) is 5.91 Å². The molecule has 100 valence electrons. The fourth-order valence-electron chi connectivity index (χ4n) is 1.95. The second-order valence-corrected chi connectivity index (χ2v) is 5.09. The van der Waals surface area contributed by atoms with Crippen LogP contribution in [0.1, 0.15) is 19.3 Å². The van der Waals surface area contributed by atoms with Crippen LogP contribution in [0.5, 0.6) is 0 Å². The third-order valence-electron chi connectivity index (χ3n) is 2.80. The monoisotopic (exact) mass is 336 g/mol. The average Bonchev–Trinajstić information content (AvgIpc) is 2.75. The summed E-state index contributed by atoms with van der Waals surface area (Å²) in [5, 5.41) is 5.82. The Bertz CT molecular complexity index is 425. The molecule has 1 atom stereocenters. The molecular weight excluding hydrogens is 322 g/mol. The van der Waals surface area contributed by atoms with Gasteiger partial charge in [-0.25, -0.2) is 4.39 Å². The Morgan fingerprint density at radius 2 is 2.33 bits per heavy atom. The molecule has 1 amide bonds. The number of rotatable bonds is 3. The molecule has 1 heterocycles. The summed E-state index contributed by atoms with van der Waals surface area (Å²) in [6, 6.07) is 4.82. The van der Waals surface area contributed by atoms with Crippen molar-refractivity contribution in [2.24, 2.45) is 0 Å². The molecular formula is C12H15BrClFN2O. The quantitative estimate of drug-likeness (QED) is 0.890. The molecule has 3 nitrogen and oxygen atoms in total. The molecule has 1 fully saturated rings. The van der Waals surface area contributed by atoms with Crippen LogP contribution >= 0.6 is 28.3 Å². The highest BCUT2D eigenvalue weighted by Gasteiger charge is 2.18. The molecule has 0 aliphatic carbocycles. The van der Waals surface area contributed by atoms with Crippen molar-refractivity contribution in [2.75, 3.05) is 11.9 Å². The fraction of sp³-hybridized carbons (Fsp3) is 0.417. The highest BCUT2D eigenvalue weighted by Crippen LogP contribution is 2.20. The summed E-state index contributed by atoms with van der Waals surface area (Å²) in [7, 11) is 0. The second kappa shape index (κ2) is 7.07. The number of amides is 1. The predicted molar refractivity (Wildman–Crippen MR) is 75.6 cm³/mol. The first kappa shape index (κ1) is 15.4. The number of carbonyl (C=O) groups is 1. The van der Waals surface area contributed by atoms with E-state index in [2.05, 4.69) is 26.6 Å². The average molecular weight is 338 g/mol. The van der Waals surface area contributed by atoms with Crippen molar-refractivity contribution in [2.45, 2.75) is 25.3 Å². The van der Waals surface area contributed by atoms with Crippen molar-refractivity contribution < 1.29 is 9.18 Å². The fourth-order valence-corrected chi connectivity index (χ4v) is 2.28. The molecule has 1 saturated heterocycles. The molecule has 2 N–H and O–H groups in total. The molecule has 0 radical (unpaired) electrons. The minimum atomic E-state index is -0.424. The van der Waals surface area contributed by atoms with Crippen LogP contribution in [-0.4, -0.2) is 18.5 Å². The Kier molecular flexibility index (Phi) is 6.05. The van der Waals surface area contributed by atoms with Gasteiger partial charge < -0.3 is 10.6 Å². The predicted octanol–water partition coefficient (Wildman–Crippen LogP) is 3.09. The molecule has 0 spiro atoms. The topological polar surface area (TPSA) is 41.1 Å². The number of benzene rings is 1. The van der Waals surface area contributed by atoms with E-state index in [9.17, 15) is 9.18 Å². The maximum absolute atomic E-state index is 13.5. The minimum absolute atomic E-state index is 0. The van der Waals surface area contributed by atoms with E-state index >= 15 is 0 Å². The Hall–Kier alpha value is -0.650. The summed E-state index contributed by atoms with van der Waals surface area (Å²) in [4.78, 5) is 11.7. The third-order valence-corrected chi connectivity index (χ3v) is 3.29. The molecule has 1 aromatic carbocycles. The number of hydrogen-bond donors (Lipinski definition) is 2. The van der Waals surface area contributed by atoms with Gasteiger partial charge in [-0.15, -0.1) is 12.4 Å². The first-order valence-corrected chi connectivity index (χ1v) is 6.43. The van der Waals surface area contributed by atoms with Crippen LogP contribution in [0.15, 0.2) is 22.7 Å². The van der Waals surface area contributed by atoms with Gasteiger partial charge in [-0.05, 0) is 37.6 Å². The number of anilines is 1. The van der Waals surface area contributed by atoms with Gasteiger partial charge in [-0.2, -0.15) is 0 Å². The summed E-state index contributed by atoms with van der Waals surface area (Å²) in [5.41, 5.74) is 0.233. The highest BCUT2D eigenvalue weighted by molar-refractivity contribution is 9.10. The van der Waals surface area contributed by atoms with Crippen LogP contribution in [0.3, 0.4) is 0 Å². The molecule has 1 aliphatic heterocycles. The lowest BCUT2D eigenvalue weighted by Crippen LogP contribution is -2.27. The zero-order valence-electron chi connectivity index (χ0n) is 9.71. The molecule has 1 aliphatic rings. The van der Waals surface area contributed by atoms with Gasteiger partial charge in [-0.1, -0.05) is 15.9 Å². The SMILES string of the molecule is Cl.O=C(CC1CCCN1)Nc1ccc(Br)cc1F. The molecule has 1 unspecified atom stereocenters. The first-order valence-electron chi connectivity index (χ1n) is 5.63. The van der Waals surface area contributed by atoms with Crippen molar-refractivity contribution in [3.8, 4) is 0 Å². The summed E-state index contributed by atoms with van der Waals surface area (Å²) >= 11 is 3.17. The molecule has 0 aromatic heterocycles. The van der Waals surface area contributed by atoms with Crippen molar-refractivity contribution in [3.63, 3.8) is 0 Å². The summed E-state index contributed by atoms with van der Waals surface area (Å²) in [6.45, 7) is 0.963. The van der Waals surface area contributed by atoms with E-state index in [0.29, 0.717) is 10.9 Å². The van der Waals surface area contributed by atoms with Crippen LogP contribution in [-0.2, 0) is 4.79 Å². The van der Waals surface area contributed by atoms with Crippen molar-refractivity contribution in [1.29, 1.82) is 0 Å². The minimum Gasteiger partial charge on any atom is -0.324 e. The Balaban J connectivity index is 0.00000162. The Morgan fingerprint density at radius 1 is 1.56 bits per heavy atom. The van der Waals surface area contributed by atoms with Gasteiger partial charge in [0.05, 0.1) is 5.69 Å². The van der Waals surface area contributed by atoms with E-state index < -0.39 is 5.82 Å². The van der Waals surface area contributed by atoms with Gasteiger partial charge in [0.1, 0.15) is 5.82 Å². The maximum atomic E-state index is 13.5. The summed E-state index contributed by atoms with van der Waals surface area (Å²) in [6.07, 6.45) is 2.51. The van der Waals surface area contributed by atoms with E-state index in [1.807, 2.05) is 0 Å². The molecule has 18 heavy (non-hydrogen) atoms. The number of nitrogens with one attached hydrogen (secondary N) is 2. The maximum Gasteiger partial charge on any atom is 0.226 e. The molecule has 6 heteroatoms. The van der Waals surface area contributed by atoms with E-state index in [1.54, 1.807) is 12.1 Å². The van der Waals surface area contributed by atoms with E-state index in [-0.39, 0.29) is 30.0 Å².